The van der Waals surface area contributed by atoms with Gasteiger partial charge in [-0.3, -0.25) is 0 Å². The Labute approximate surface area is 239 Å². The minimum Gasteiger partial charge on any atom is -0.493 e. The SMILES string of the molecule is C1=CCC=CC(OCc2ccccc2)=C1.C=C(C)CC1CCOc2c(COC)cc(OCc3ccccc3)cc21. The van der Waals surface area contributed by atoms with Crippen LogP contribution >= 0.6 is 0 Å². The van der Waals surface area contributed by atoms with Crippen LogP contribution < -0.4 is 9.47 Å². The normalized spacial score (nSPS) is 15.4. The molecule has 4 heteroatoms. The van der Waals surface area contributed by atoms with E-state index in [1.165, 1.54) is 16.7 Å². The summed E-state index contributed by atoms with van der Waals surface area (Å²) in [7, 11) is 1.71. The summed E-state index contributed by atoms with van der Waals surface area (Å²) >= 11 is 0. The molecule has 5 rings (SSSR count). The zero-order valence-corrected chi connectivity index (χ0v) is 23.7. The van der Waals surface area contributed by atoms with Gasteiger partial charge in [-0.15, -0.1) is 6.58 Å². The standard InChI is InChI=1S/C22H26O3.C14H14O/c1-16(2)11-18-9-10-24-22-19(15-23-3)12-20(13-21(18)22)25-14-17-7-5-4-6-8-17;1-2-7-11-14(10-6-1)15-12-13-8-4-3-5-9-13/h4-8,12-13,18H,1,9-11,14-15H2,2-3H3;1,3-11H,2,12H2. The Balaban J connectivity index is 0.000000210. The van der Waals surface area contributed by atoms with Crippen molar-refractivity contribution in [3.05, 3.63) is 143 Å². The number of fused-ring (bicyclic) bond motifs is 1. The molecule has 1 unspecified atom stereocenters. The van der Waals surface area contributed by atoms with Crippen LogP contribution in [-0.4, -0.2) is 13.7 Å². The van der Waals surface area contributed by atoms with Crippen LogP contribution in [0.4, 0.5) is 0 Å². The second-order valence-corrected chi connectivity index (χ2v) is 10.1. The molecule has 40 heavy (non-hydrogen) atoms. The first kappa shape index (κ1) is 29.0. The van der Waals surface area contributed by atoms with Crippen LogP contribution in [0.5, 0.6) is 11.5 Å². The molecule has 1 heterocycles. The number of benzene rings is 3. The molecule has 0 aromatic heterocycles. The molecule has 3 aromatic rings. The average Bonchev–Trinajstić information content (AvgIpc) is 3.26. The molecule has 0 saturated heterocycles. The van der Waals surface area contributed by atoms with Gasteiger partial charge in [0.05, 0.1) is 13.2 Å². The van der Waals surface area contributed by atoms with Crippen molar-refractivity contribution < 1.29 is 18.9 Å². The zero-order chi connectivity index (χ0) is 28.0. The van der Waals surface area contributed by atoms with Gasteiger partial charge in [-0.05, 0) is 67.5 Å². The van der Waals surface area contributed by atoms with Crippen molar-refractivity contribution in [2.75, 3.05) is 13.7 Å². The summed E-state index contributed by atoms with van der Waals surface area (Å²) in [5.41, 5.74) is 5.81. The number of hydrogen-bond acceptors (Lipinski definition) is 4. The minimum absolute atomic E-state index is 0.428. The van der Waals surface area contributed by atoms with Crippen LogP contribution in [0.2, 0.25) is 0 Å². The Hall–Kier alpha value is -4.02. The fourth-order valence-electron chi connectivity index (χ4n) is 4.74. The minimum atomic E-state index is 0.428. The number of hydrogen-bond donors (Lipinski definition) is 0. The highest BCUT2D eigenvalue weighted by Gasteiger charge is 2.25. The monoisotopic (exact) mass is 536 g/mol. The first-order valence-electron chi connectivity index (χ1n) is 13.9. The highest BCUT2D eigenvalue weighted by atomic mass is 16.5. The van der Waals surface area contributed by atoms with Crippen molar-refractivity contribution in [1.29, 1.82) is 0 Å². The van der Waals surface area contributed by atoms with Crippen molar-refractivity contribution >= 4 is 0 Å². The highest BCUT2D eigenvalue weighted by Crippen LogP contribution is 2.42. The van der Waals surface area contributed by atoms with E-state index in [-0.39, 0.29) is 0 Å². The second kappa shape index (κ2) is 15.5. The summed E-state index contributed by atoms with van der Waals surface area (Å²) in [6.45, 7) is 8.61. The third kappa shape index (κ3) is 9.03. The van der Waals surface area contributed by atoms with Crippen molar-refractivity contribution in [3.8, 4) is 11.5 Å². The Morgan fingerprint density at radius 3 is 2.27 bits per heavy atom. The van der Waals surface area contributed by atoms with Crippen LogP contribution in [0.15, 0.2) is 121 Å². The summed E-state index contributed by atoms with van der Waals surface area (Å²) in [5.74, 6) is 3.18. The fraction of sp³-hybridized carbons (Fsp3) is 0.278. The summed E-state index contributed by atoms with van der Waals surface area (Å²) < 4.78 is 23.1. The van der Waals surface area contributed by atoms with E-state index in [0.29, 0.717) is 25.7 Å². The van der Waals surface area contributed by atoms with E-state index in [1.54, 1.807) is 7.11 Å². The van der Waals surface area contributed by atoms with Gasteiger partial charge in [0.25, 0.3) is 0 Å². The van der Waals surface area contributed by atoms with Crippen LogP contribution in [0.25, 0.3) is 0 Å². The quantitative estimate of drug-likeness (QED) is 0.243. The van der Waals surface area contributed by atoms with Gasteiger partial charge in [0.1, 0.15) is 30.5 Å². The van der Waals surface area contributed by atoms with Crippen molar-refractivity contribution in [2.24, 2.45) is 0 Å². The maximum Gasteiger partial charge on any atom is 0.128 e. The highest BCUT2D eigenvalue weighted by molar-refractivity contribution is 5.50. The van der Waals surface area contributed by atoms with E-state index >= 15 is 0 Å². The fourth-order valence-corrected chi connectivity index (χ4v) is 4.74. The number of ether oxygens (including phenoxy) is 4. The summed E-state index contributed by atoms with van der Waals surface area (Å²) in [6.07, 6.45) is 13.2. The molecular formula is C36H40O4. The molecule has 1 atom stereocenters. The first-order valence-corrected chi connectivity index (χ1v) is 13.9. The second-order valence-electron chi connectivity index (χ2n) is 10.1. The molecule has 0 N–H and O–H groups in total. The lowest BCUT2D eigenvalue weighted by Gasteiger charge is -2.28. The lowest BCUT2D eigenvalue weighted by Crippen LogP contribution is -2.16. The van der Waals surface area contributed by atoms with Gasteiger partial charge in [-0.1, -0.05) is 84.5 Å². The summed E-state index contributed by atoms with van der Waals surface area (Å²) in [6, 6.07) is 24.6. The average molecular weight is 537 g/mol. The van der Waals surface area contributed by atoms with Gasteiger partial charge in [0.2, 0.25) is 0 Å². The molecule has 1 aliphatic heterocycles. The molecule has 1 aliphatic carbocycles. The van der Waals surface area contributed by atoms with E-state index < -0.39 is 0 Å². The van der Waals surface area contributed by atoms with Gasteiger partial charge in [-0.25, -0.2) is 0 Å². The maximum absolute atomic E-state index is 6.06. The Kier molecular flexibility index (Phi) is 11.3. The van der Waals surface area contributed by atoms with E-state index in [2.05, 4.69) is 56.0 Å². The zero-order valence-electron chi connectivity index (χ0n) is 23.7. The third-order valence-corrected chi connectivity index (χ3v) is 6.66. The third-order valence-electron chi connectivity index (χ3n) is 6.66. The molecular weight excluding hydrogens is 496 g/mol. The number of allylic oxidation sites excluding steroid dienone is 6. The molecule has 0 spiro atoms. The van der Waals surface area contributed by atoms with Gasteiger partial charge in [-0.2, -0.15) is 0 Å². The first-order chi connectivity index (χ1) is 19.6. The van der Waals surface area contributed by atoms with Gasteiger partial charge in [0, 0.05) is 18.2 Å². The van der Waals surface area contributed by atoms with Gasteiger partial charge < -0.3 is 18.9 Å². The van der Waals surface area contributed by atoms with E-state index in [0.717, 1.165) is 54.3 Å². The predicted octanol–water partition coefficient (Wildman–Crippen LogP) is 8.85. The van der Waals surface area contributed by atoms with Crippen LogP contribution in [0, 0.1) is 0 Å². The number of rotatable bonds is 10. The maximum atomic E-state index is 6.06. The molecule has 0 bridgehead atoms. The molecule has 0 fully saturated rings. The molecule has 0 radical (unpaired) electrons. The van der Waals surface area contributed by atoms with Crippen molar-refractivity contribution in [1.82, 2.24) is 0 Å². The molecule has 3 aromatic carbocycles. The van der Waals surface area contributed by atoms with Gasteiger partial charge >= 0.3 is 0 Å². The van der Waals surface area contributed by atoms with Crippen LogP contribution in [0.1, 0.15) is 54.4 Å². The molecule has 4 nitrogen and oxygen atoms in total. The largest absolute Gasteiger partial charge is 0.493 e. The molecule has 2 aliphatic rings. The Morgan fingerprint density at radius 1 is 0.900 bits per heavy atom. The summed E-state index contributed by atoms with van der Waals surface area (Å²) in [4.78, 5) is 0. The molecule has 0 saturated carbocycles. The van der Waals surface area contributed by atoms with E-state index in [1.807, 2.05) is 60.7 Å². The summed E-state index contributed by atoms with van der Waals surface area (Å²) in [5, 5.41) is 0. The van der Waals surface area contributed by atoms with Crippen LogP contribution in [0.3, 0.4) is 0 Å². The lowest BCUT2D eigenvalue weighted by atomic mass is 9.86. The van der Waals surface area contributed by atoms with E-state index in [4.69, 9.17) is 18.9 Å². The smallest absolute Gasteiger partial charge is 0.128 e. The topological polar surface area (TPSA) is 36.9 Å². The van der Waals surface area contributed by atoms with Crippen LogP contribution in [-0.2, 0) is 29.3 Å². The lowest BCUT2D eigenvalue weighted by molar-refractivity contribution is 0.176. The molecule has 208 valence electrons. The van der Waals surface area contributed by atoms with Crippen molar-refractivity contribution in [2.45, 2.75) is 51.9 Å². The Morgan fingerprint density at radius 2 is 1.60 bits per heavy atom. The molecule has 0 amide bonds. The van der Waals surface area contributed by atoms with Gasteiger partial charge in [0.15, 0.2) is 0 Å². The Bertz CT molecular complexity index is 1310. The predicted molar refractivity (Wildman–Crippen MR) is 162 cm³/mol. The van der Waals surface area contributed by atoms with E-state index in [9.17, 15) is 0 Å². The number of methoxy groups -OCH3 is 1. The van der Waals surface area contributed by atoms with Crippen molar-refractivity contribution in [3.63, 3.8) is 0 Å².